The minimum absolute atomic E-state index is 0.0232. The molecule has 208 valence electrons. The Balaban J connectivity index is 0.000000638. The van der Waals surface area contributed by atoms with Gasteiger partial charge >= 0.3 is 12.1 Å². The number of carboxylic acid groups (broad SMARTS) is 1. The fraction of sp³-hybridized carbons (Fsp3) is 0.375. The minimum atomic E-state index is -5.08. The number of likely N-dealkylation sites (tertiary alicyclic amines) is 1. The van der Waals surface area contributed by atoms with Crippen molar-refractivity contribution < 1.29 is 45.5 Å². The van der Waals surface area contributed by atoms with E-state index in [2.05, 4.69) is 10.0 Å². The molecule has 0 saturated carbocycles. The largest absolute Gasteiger partial charge is 0.490 e. The highest BCUT2D eigenvalue weighted by Crippen LogP contribution is 2.21. The van der Waals surface area contributed by atoms with E-state index in [0.29, 0.717) is 25.2 Å². The number of alkyl halides is 3. The molecule has 1 atom stereocenters. The van der Waals surface area contributed by atoms with Crippen LogP contribution in [0.1, 0.15) is 36.5 Å². The zero-order chi connectivity index (χ0) is 28.5. The lowest BCUT2D eigenvalue weighted by Gasteiger charge is -2.32. The van der Waals surface area contributed by atoms with E-state index in [0.717, 1.165) is 31.4 Å². The second-order valence-electron chi connectivity index (χ2n) is 8.32. The molecule has 3 rings (SSSR count). The Hall–Kier alpha value is -3.68. The molecular formula is C24H27F4N3O6S. The lowest BCUT2D eigenvalue weighted by molar-refractivity contribution is -0.192. The van der Waals surface area contributed by atoms with Gasteiger partial charge in [-0.05, 0) is 67.8 Å². The Morgan fingerprint density at radius 1 is 1.05 bits per heavy atom. The highest BCUT2D eigenvalue weighted by molar-refractivity contribution is 7.92. The van der Waals surface area contributed by atoms with Gasteiger partial charge < -0.3 is 15.3 Å². The highest BCUT2D eigenvalue weighted by Gasteiger charge is 2.38. The molecule has 38 heavy (non-hydrogen) atoms. The van der Waals surface area contributed by atoms with Crippen LogP contribution in [0, 0.1) is 11.7 Å². The third-order valence-electron chi connectivity index (χ3n) is 5.38. The van der Waals surface area contributed by atoms with Gasteiger partial charge in [-0.2, -0.15) is 13.2 Å². The summed E-state index contributed by atoms with van der Waals surface area (Å²) in [5.74, 6) is -3.71. The summed E-state index contributed by atoms with van der Waals surface area (Å²) in [5.41, 5.74) is 0.704. The van der Waals surface area contributed by atoms with E-state index in [-0.39, 0.29) is 28.3 Å². The molecule has 2 aromatic rings. The summed E-state index contributed by atoms with van der Waals surface area (Å²) in [6.45, 7) is 3.56. The van der Waals surface area contributed by atoms with E-state index in [1.54, 1.807) is 17.0 Å². The number of aliphatic carboxylic acids is 1. The van der Waals surface area contributed by atoms with Crippen molar-refractivity contribution in [3.05, 3.63) is 59.9 Å². The first-order valence-electron chi connectivity index (χ1n) is 11.5. The van der Waals surface area contributed by atoms with E-state index in [9.17, 15) is 35.6 Å². The molecule has 2 aromatic carbocycles. The summed E-state index contributed by atoms with van der Waals surface area (Å²) in [4.78, 5) is 35.6. The van der Waals surface area contributed by atoms with Crippen LogP contribution in [-0.4, -0.2) is 62.0 Å². The van der Waals surface area contributed by atoms with E-state index in [1.807, 2.05) is 6.92 Å². The zero-order valence-electron chi connectivity index (χ0n) is 20.3. The number of nitrogens with one attached hydrogen (secondary N) is 2. The molecule has 1 aliphatic heterocycles. The number of rotatable bonds is 7. The van der Waals surface area contributed by atoms with Crippen LogP contribution >= 0.6 is 0 Å². The van der Waals surface area contributed by atoms with E-state index in [4.69, 9.17) is 9.90 Å². The van der Waals surface area contributed by atoms with Crippen molar-refractivity contribution in [3.63, 3.8) is 0 Å². The van der Waals surface area contributed by atoms with Crippen molar-refractivity contribution >= 4 is 33.5 Å². The molecule has 1 fully saturated rings. The standard InChI is InChI=1S/C22H26FN3O4S.C2HF3O2/c1-2-13-24-21(27)17-4-3-14-26(15-17)22(28)16-5-9-19(10-6-16)25-31(29,30)20-11-7-18(23)8-12-20;3-2(4,5)1(6)7/h5-12,17,25H,2-4,13-15H2,1H3,(H,24,27);(H,6,7). The van der Waals surface area contributed by atoms with Crippen LogP contribution in [0.5, 0.6) is 0 Å². The lowest BCUT2D eigenvalue weighted by atomic mass is 9.96. The van der Waals surface area contributed by atoms with Crippen LogP contribution < -0.4 is 10.0 Å². The number of hydrogen-bond acceptors (Lipinski definition) is 5. The number of hydrogen-bond donors (Lipinski definition) is 3. The lowest BCUT2D eigenvalue weighted by Crippen LogP contribution is -2.45. The Morgan fingerprint density at radius 3 is 2.16 bits per heavy atom. The number of sulfonamides is 1. The van der Waals surface area contributed by atoms with Gasteiger partial charge in [-0.15, -0.1) is 0 Å². The maximum absolute atomic E-state index is 13.0. The van der Waals surface area contributed by atoms with Crippen LogP contribution in [0.2, 0.25) is 0 Å². The molecule has 0 aromatic heterocycles. The Bertz CT molecular complexity index is 1220. The predicted octanol–water partition coefficient (Wildman–Crippen LogP) is 3.64. The van der Waals surface area contributed by atoms with Gasteiger partial charge in [-0.25, -0.2) is 17.6 Å². The van der Waals surface area contributed by atoms with E-state index in [1.165, 1.54) is 24.3 Å². The van der Waals surface area contributed by atoms with Crippen molar-refractivity contribution in [2.24, 2.45) is 5.92 Å². The quantitative estimate of drug-likeness (QED) is 0.442. The van der Waals surface area contributed by atoms with Crippen molar-refractivity contribution in [3.8, 4) is 0 Å². The van der Waals surface area contributed by atoms with E-state index < -0.39 is 28.0 Å². The second kappa shape index (κ2) is 13.2. The third kappa shape index (κ3) is 9.01. The highest BCUT2D eigenvalue weighted by atomic mass is 32.2. The first-order valence-corrected chi connectivity index (χ1v) is 13.0. The fourth-order valence-electron chi connectivity index (χ4n) is 3.46. The molecule has 14 heteroatoms. The molecule has 0 bridgehead atoms. The van der Waals surface area contributed by atoms with Gasteiger partial charge in [-0.3, -0.25) is 14.3 Å². The molecule has 9 nitrogen and oxygen atoms in total. The summed E-state index contributed by atoms with van der Waals surface area (Å²) in [5, 5.41) is 10.0. The molecule has 0 aliphatic carbocycles. The summed E-state index contributed by atoms with van der Waals surface area (Å²) >= 11 is 0. The van der Waals surface area contributed by atoms with Crippen LogP contribution in [0.4, 0.5) is 23.2 Å². The predicted molar refractivity (Wildman–Crippen MR) is 129 cm³/mol. The second-order valence-corrected chi connectivity index (χ2v) is 10.0. The number of amides is 2. The number of carbonyl (C=O) groups excluding carboxylic acids is 2. The number of carboxylic acids is 1. The number of nitrogens with zero attached hydrogens (tertiary/aromatic N) is 1. The van der Waals surface area contributed by atoms with Crippen LogP contribution in [-0.2, 0) is 19.6 Å². The molecule has 2 amide bonds. The van der Waals surface area contributed by atoms with Gasteiger partial charge in [0.25, 0.3) is 15.9 Å². The molecule has 3 N–H and O–H groups in total. The Morgan fingerprint density at radius 2 is 1.63 bits per heavy atom. The normalized spacial score (nSPS) is 15.6. The van der Waals surface area contributed by atoms with Crippen molar-refractivity contribution in [2.75, 3.05) is 24.4 Å². The number of anilines is 1. The van der Waals surface area contributed by atoms with Crippen LogP contribution in [0.3, 0.4) is 0 Å². The fourth-order valence-corrected chi connectivity index (χ4v) is 4.52. The van der Waals surface area contributed by atoms with Crippen LogP contribution in [0.25, 0.3) is 0 Å². The summed E-state index contributed by atoms with van der Waals surface area (Å²) in [7, 11) is -3.86. The van der Waals surface area contributed by atoms with Crippen molar-refractivity contribution in [2.45, 2.75) is 37.3 Å². The number of piperidine rings is 1. The summed E-state index contributed by atoms with van der Waals surface area (Å²) in [6, 6.07) is 10.6. The summed E-state index contributed by atoms with van der Waals surface area (Å²) in [6.07, 6.45) is -2.71. The van der Waals surface area contributed by atoms with Gasteiger partial charge in [0, 0.05) is 30.9 Å². The third-order valence-corrected chi connectivity index (χ3v) is 6.78. The molecule has 1 unspecified atom stereocenters. The number of benzene rings is 2. The molecule has 0 spiro atoms. The maximum Gasteiger partial charge on any atom is 0.490 e. The molecular weight excluding hydrogens is 534 g/mol. The minimum Gasteiger partial charge on any atom is -0.475 e. The van der Waals surface area contributed by atoms with Gasteiger partial charge in [0.05, 0.1) is 10.8 Å². The molecule has 1 heterocycles. The van der Waals surface area contributed by atoms with E-state index >= 15 is 0 Å². The zero-order valence-corrected chi connectivity index (χ0v) is 21.1. The monoisotopic (exact) mass is 561 g/mol. The van der Waals surface area contributed by atoms with Crippen LogP contribution in [0.15, 0.2) is 53.4 Å². The molecule has 0 radical (unpaired) electrons. The Labute approximate surface area is 216 Å². The van der Waals surface area contributed by atoms with Gasteiger partial charge in [0.1, 0.15) is 5.82 Å². The van der Waals surface area contributed by atoms with Gasteiger partial charge in [0.15, 0.2) is 0 Å². The first-order chi connectivity index (χ1) is 17.7. The number of carbonyl (C=O) groups is 3. The first kappa shape index (κ1) is 30.5. The smallest absolute Gasteiger partial charge is 0.475 e. The average Bonchev–Trinajstić information content (AvgIpc) is 2.87. The summed E-state index contributed by atoms with van der Waals surface area (Å²) < 4.78 is 72.0. The number of halogens is 4. The SMILES string of the molecule is CCCNC(=O)C1CCCN(C(=O)c2ccc(NS(=O)(=O)c3ccc(F)cc3)cc2)C1.O=C(O)C(F)(F)F. The van der Waals surface area contributed by atoms with Crippen molar-refractivity contribution in [1.82, 2.24) is 10.2 Å². The molecule has 1 saturated heterocycles. The van der Waals surface area contributed by atoms with Gasteiger partial charge in [-0.1, -0.05) is 6.92 Å². The molecule has 1 aliphatic rings. The maximum atomic E-state index is 13.0. The van der Waals surface area contributed by atoms with Gasteiger partial charge in [0.2, 0.25) is 5.91 Å². The topological polar surface area (TPSA) is 133 Å². The average molecular weight is 562 g/mol. The Kier molecular flexibility index (Phi) is 10.6. The van der Waals surface area contributed by atoms with Crippen molar-refractivity contribution in [1.29, 1.82) is 0 Å².